The summed E-state index contributed by atoms with van der Waals surface area (Å²) in [6.07, 6.45) is 1.63. The number of nitrogens with zero attached hydrogens (tertiary/aromatic N) is 3. The normalized spacial score (nSPS) is 11.9. The molecule has 0 saturated carbocycles. The molecule has 0 unspecified atom stereocenters. The molecule has 4 aromatic rings. The van der Waals surface area contributed by atoms with Gasteiger partial charge in [-0.25, -0.2) is 14.3 Å². The van der Waals surface area contributed by atoms with E-state index in [1.807, 2.05) is 37.3 Å². The van der Waals surface area contributed by atoms with E-state index >= 15 is 0 Å². The zero-order valence-electron chi connectivity index (χ0n) is 16.8. The number of methoxy groups -OCH3 is 1. The highest BCUT2D eigenvalue weighted by atomic mass is 16.5. The Morgan fingerprint density at radius 1 is 1.07 bits per heavy atom. The molecule has 1 atom stereocenters. The van der Waals surface area contributed by atoms with Crippen molar-refractivity contribution in [2.75, 3.05) is 7.11 Å². The SMILES string of the molecule is COc1ccc(-n2c(=O)n(CC(=O)N[C@H](C)c3ccccc3)c3cccnc32)cc1. The summed E-state index contributed by atoms with van der Waals surface area (Å²) in [5.74, 6) is 0.448. The second kappa shape index (κ2) is 8.24. The second-order valence-electron chi connectivity index (χ2n) is 6.95. The van der Waals surface area contributed by atoms with Crippen LogP contribution in [0.3, 0.4) is 0 Å². The van der Waals surface area contributed by atoms with E-state index in [0.717, 1.165) is 5.56 Å². The Morgan fingerprint density at radius 2 is 1.80 bits per heavy atom. The number of rotatable bonds is 6. The first-order valence-electron chi connectivity index (χ1n) is 9.63. The number of nitrogens with one attached hydrogen (secondary N) is 1. The van der Waals surface area contributed by atoms with Crippen molar-refractivity contribution in [2.45, 2.75) is 19.5 Å². The van der Waals surface area contributed by atoms with Gasteiger partial charge in [-0.3, -0.25) is 9.36 Å². The molecule has 0 aliphatic heterocycles. The molecule has 4 rings (SSSR count). The van der Waals surface area contributed by atoms with E-state index in [-0.39, 0.29) is 24.2 Å². The second-order valence-corrected chi connectivity index (χ2v) is 6.95. The number of carbonyl (C=O) groups is 1. The number of fused-ring (bicyclic) bond motifs is 1. The maximum atomic E-state index is 13.2. The van der Waals surface area contributed by atoms with Gasteiger partial charge in [-0.05, 0) is 48.9 Å². The highest BCUT2D eigenvalue weighted by Crippen LogP contribution is 2.19. The third-order valence-corrected chi connectivity index (χ3v) is 5.00. The molecule has 30 heavy (non-hydrogen) atoms. The maximum Gasteiger partial charge on any atom is 0.335 e. The average Bonchev–Trinajstić information content (AvgIpc) is 3.05. The lowest BCUT2D eigenvalue weighted by Crippen LogP contribution is -2.34. The third-order valence-electron chi connectivity index (χ3n) is 5.00. The number of ether oxygens (including phenoxy) is 1. The highest BCUT2D eigenvalue weighted by Gasteiger charge is 2.18. The number of pyridine rings is 1. The van der Waals surface area contributed by atoms with Crippen molar-refractivity contribution in [3.8, 4) is 11.4 Å². The molecule has 1 amide bonds. The van der Waals surface area contributed by atoms with Gasteiger partial charge in [-0.15, -0.1) is 0 Å². The number of imidazole rings is 1. The molecule has 2 aromatic heterocycles. The van der Waals surface area contributed by atoms with E-state index in [1.54, 1.807) is 49.7 Å². The van der Waals surface area contributed by atoms with Crippen LogP contribution in [0, 0.1) is 0 Å². The minimum absolute atomic E-state index is 0.0959. The smallest absolute Gasteiger partial charge is 0.335 e. The molecule has 2 heterocycles. The first kappa shape index (κ1) is 19.4. The van der Waals surface area contributed by atoms with Gasteiger partial charge in [-0.2, -0.15) is 0 Å². The van der Waals surface area contributed by atoms with Crippen LogP contribution in [0.5, 0.6) is 5.75 Å². The number of aromatic nitrogens is 3. The average molecular weight is 402 g/mol. The number of amides is 1. The molecule has 0 spiro atoms. The molecule has 0 aliphatic carbocycles. The molecular weight excluding hydrogens is 380 g/mol. The van der Waals surface area contributed by atoms with Gasteiger partial charge in [0.15, 0.2) is 5.65 Å². The predicted octanol–water partition coefficient (Wildman–Crippen LogP) is 3.07. The van der Waals surface area contributed by atoms with Crippen molar-refractivity contribution < 1.29 is 9.53 Å². The van der Waals surface area contributed by atoms with E-state index in [1.165, 1.54) is 9.13 Å². The minimum Gasteiger partial charge on any atom is -0.497 e. The van der Waals surface area contributed by atoms with Crippen LogP contribution in [-0.2, 0) is 11.3 Å². The van der Waals surface area contributed by atoms with Gasteiger partial charge in [0.05, 0.1) is 24.4 Å². The molecular formula is C23H22N4O3. The van der Waals surface area contributed by atoms with Crippen LogP contribution >= 0.6 is 0 Å². The highest BCUT2D eigenvalue weighted by molar-refractivity contribution is 5.80. The van der Waals surface area contributed by atoms with Gasteiger partial charge >= 0.3 is 5.69 Å². The largest absolute Gasteiger partial charge is 0.497 e. The van der Waals surface area contributed by atoms with E-state index < -0.39 is 0 Å². The fraction of sp³-hybridized carbons (Fsp3) is 0.174. The summed E-state index contributed by atoms with van der Waals surface area (Å²) in [5, 5.41) is 2.96. The topological polar surface area (TPSA) is 78.1 Å². The molecule has 152 valence electrons. The summed E-state index contributed by atoms with van der Waals surface area (Å²) < 4.78 is 8.14. The Hall–Kier alpha value is -3.87. The van der Waals surface area contributed by atoms with Crippen molar-refractivity contribution in [1.82, 2.24) is 19.4 Å². The molecule has 7 nitrogen and oxygen atoms in total. The lowest BCUT2D eigenvalue weighted by atomic mass is 10.1. The quantitative estimate of drug-likeness (QED) is 0.538. The van der Waals surface area contributed by atoms with Gasteiger partial charge in [0.1, 0.15) is 12.3 Å². The van der Waals surface area contributed by atoms with Crippen molar-refractivity contribution in [3.63, 3.8) is 0 Å². The Kier molecular flexibility index (Phi) is 5.34. The number of hydrogen-bond acceptors (Lipinski definition) is 4. The first-order valence-corrected chi connectivity index (χ1v) is 9.63. The molecule has 0 radical (unpaired) electrons. The van der Waals surface area contributed by atoms with Gasteiger partial charge in [0, 0.05) is 6.20 Å². The molecule has 0 aliphatic rings. The molecule has 0 bridgehead atoms. The summed E-state index contributed by atoms with van der Waals surface area (Å²) in [5.41, 5.74) is 2.43. The number of benzene rings is 2. The monoisotopic (exact) mass is 402 g/mol. The molecule has 0 saturated heterocycles. The van der Waals surface area contributed by atoms with E-state index in [9.17, 15) is 9.59 Å². The van der Waals surface area contributed by atoms with Crippen LogP contribution in [0.4, 0.5) is 0 Å². The van der Waals surface area contributed by atoms with Gasteiger partial charge in [-0.1, -0.05) is 30.3 Å². The lowest BCUT2D eigenvalue weighted by molar-refractivity contribution is -0.122. The Balaban J connectivity index is 1.67. The predicted molar refractivity (Wildman–Crippen MR) is 115 cm³/mol. The molecule has 0 fully saturated rings. The lowest BCUT2D eigenvalue weighted by Gasteiger charge is -2.14. The van der Waals surface area contributed by atoms with Crippen LogP contribution in [0.15, 0.2) is 77.7 Å². The summed E-state index contributed by atoms with van der Waals surface area (Å²) in [4.78, 5) is 30.3. The first-order chi connectivity index (χ1) is 14.6. The maximum absolute atomic E-state index is 13.2. The van der Waals surface area contributed by atoms with Crippen LogP contribution in [0.1, 0.15) is 18.5 Å². The van der Waals surface area contributed by atoms with Gasteiger partial charge in [0.2, 0.25) is 5.91 Å². The summed E-state index contributed by atoms with van der Waals surface area (Å²) in [6.45, 7) is 1.82. The van der Waals surface area contributed by atoms with E-state index in [2.05, 4.69) is 10.3 Å². The van der Waals surface area contributed by atoms with E-state index in [0.29, 0.717) is 22.6 Å². The van der Waals surface area contributed by atoms with Crippen LogP contribution in [-0.4, -0.2) is 27.1 Å². The summed E-state index contributed by atoms with van der Waals surface area (Å²) >= 11 is 0. The summed E-state index contributed by atoms with van der Waals surface area (Å²) in [7, 11) is 1.59. The zero-order valence-corrected chi connectivity index (χ0v) is 16.8. The Morgan fingerprint density at radius 3 is 2.50 bits per heavy atom. The number of carbonyl (C=O) groups excluding carboxylic acids is 1. The summed E-state index contributed by atoms with van der Waals surface area (Å²) in [6, 6.07) is 20.2. The van der Waals surface area contributed by atoms with Crippen LogP contribution in [0.25, 0.3) is 16.9 Å². The van der Waals surface area contributed by atoms with Gasteiger partial charge < -0.3 is 10.1 Å². The third kappa shape index (κ3) is 3.69. The Bertz CT molecular complexity index is 1230. The Labute approximate surface area is 173 Å². The zero-order chi connectivity index (χ0) is 21.1. The van der Waals surface area contributed by atoms with Crippen molar-refractivity contribution in [3.05, 3.63) is 89.0 Å². The van der Waals surface area contributed by atoms with Crippen molar-refractivity contribution in [1.29, 1.82) is 0 Å². The fourth-order valence-corrected chi connectivity index (χ4v) is 3.46. The van der Waals surface area contributed by atoms with Crippen LogP contribution in [0.2, 0.25) is 0 Å². The molecule has 1 N–H and O–H groups in total. The molecule has 7 heteroatoms. The minimum atomic E-state index is -0.323. The molecule has 2 aromatic carbocycles. The van der Waals surface area contributed by atoms with Gasteiger partial charge in [0.25, 0.3) is 0 Å². The van der Waals surface area contributed by atoms with Crippen molar-refractivity contribution in [2.24, 2.45) is 0 Å². The van der Waals surface area contributed by atoms with E-state index in [4.69, 9.17) is 4.74 Å². The number of hydrogen-bond donors (Lipinski definition) is 1. The van der Waals surface area contributed by atoms with Crippen LogP contribution < -0.4 is 15.7 Å². The fourth-order valence-electron chi connectivity index (χ4n) is 3.46. The van der Waals surface area contributed by atoms with Crippen molar-refractivity contribution >= 4 is 17.1 Å². The standard InChI is InChI=1S/C23H22N4O3/c1-16(17-7-4-3-5-8-17)25-21(28)15-26-20-9-6-14-24-22(20)27(23(26)29)18-10-12-19(30-2)13-11-18/h3-14,16H,15H2,1-2H3,(H,25,28)/t16-/m1/s1.